The summed E-state index contributed by atoms with van der Waals surface area (Å²) in [5.41, 5.74) is 0. The normalized spacial score (nSPS) is 15.3. The number of aliphatic hydroxyl groups excluding tert-OH is 1. The van der Waals surface area contributed by atoms with Gasteiger partial charge in [-0.1, -0.05) is 0 Å². The lowest BCUT2D eigenvalue weighted by Crippen LogP contribution is -2.35. The second kappa shape index (κ2) is 10.7. The molecule has 5 heteroatoms. The van der Waals surface area contributed by atoms with Crippen molar-refractivity contribution in [1.29, 1.82) is 0 Å². The monoisotopic (exact) mass is 262 g/mol. The van der Waals surface area contributed by atoms with E-state index >= 15 is 0 Å². The van der Waals surface area contributed by atoms with Crippen molar-refractivity contribution in [3.05, 3.63) is 0 Å². The topological polar surface area (TPSA) is 45.2 Å². The second-order valence-corrected chi connectivity index (χ2v) is 5.17. The van der Waals surface area contributed by atoms with Crippen molar-refractivity contribution in [1.82, 2.24) is 9.80 Å². The van der Waals surface area contributed by atoms with Gasteiger partial charge in [-0.05, 0) is 47.6 Å². The van der Waals surface area contributed by atoms with Crippen molar-refractivity contribution in [2.75, 3.05) is 61.1 Å². The fourth-order valence-electron chi connectivity index (χ4n) is 1.72. The van der Waals surface area contributed by atoms with Crippen molar-refractivity contribution in [2.45, 2.75) is 25.6 Å². The molecule has 0 bridgehead atoms. The minimum atomic E-state index is -0.436. The van der Waals surface area contributed by atoms with Gasteiger partial charge in [0.1, 0.15) is 0 Å². The van der Waals surface area contributed by atoms with Gasteiger partial charge in [0.15, 0.2) is 0 Å². The van der Waals surface area contributed by atoms with Crippen molar-refractivity contribution >= 4 is 0 Å². The smallest absolute Gasteiger partial charge is 0.0900 e. The minimum absolute atomic E-state index is 0.0312. The summed E-state index contributed by atoms with van der Waals surface area (Å²) in [6, 6.07) is 0. The summed E-state index contributed by atoms with van der Waals surface area (Å²) in [6.07, 6.45) is 0.703. The molecule has 0 aliphatic carbocycles. The number of likely N-dealkylation sites (N-methyl/N-ethyl adjacent to an activating group) is 1. The maximum absolute atomic E-state index is 9.83. The molecule has 0 radical (unpaired) electrons. The maximum Gasteiger partial charge on any atom is 0.0900 e. The molecule has 0 fully saturated rings. The van der Waals surface area contributed by atoms with Crippen molar-refractivity contribution in [3.8, 4) is 0 Å². The molecule has 0 aromatic rings. The predicted molar refractivity (Wildman–Crippen MR) is 74.0 cm³/mol. The standard InChI is InChI=1S/C13H30N2O3/c1-12(10-17-5)18-11-13(16)9-15(4)8-6-7-14(2)3/h12-13,16H,6-11H2,1-5H3. The first-order valence-electron chi connectivity index (χ1n) is 6.57. The van der Waals surface area contributed by atoms with Crippen LogP contribution in [0.15, 0.2) is 0 Å². The molecule has 2 unspecified atom stereocenters. The van der Waals surface area contributed by atoms with E-state index in [0.717, 1.165) is 19.5 Å². The van der Waals surface area contributed by atoms with Gasteiger partial charge in [-0.3, -0.25) is 0 Å². The second-order valence-electron chi connectivity index (χ2n) is 5.17. The highest BCUT2D eigenvalue weighted by Crippen LogP contribution is 1.97. The fourth-order valence-corrected chi connectivity index (χ4v) is 1.72. The number of rotatable bonds is 11. The van der Waals surface area contributed by atoms with Crippen LogP contribution in [0.5, 0.6) is 0 Å². The Labute approximate surface area is 112 Å². The molecule has 1 N–H and O–H groups in total. The lowest BCUT2D eigenvalue weighted by atomic mass is 10.3. The van der Waals surface area contributed by atoms with Gasteiger partial charge in [0.25, 0.3) is 0 Å². The summed E-state index contributed by atoms with van der Waals surface area (Å²) >= 11 is 0. The van der Waals surface area contributed by atoms with Gasteiger partial charge in [-0.25, -0.2) is 0 Å². The maximum atomic E-state index is 9.83. The Morgan fingerprint density at radius 1 is 1.11 bits per heavy atom. The van der Waals surface area contributed by atoms with Gasteiger partial charge >= 0.3 is 0 Å². The highest BCUT2D eigenvalue weighted by atomic mass is 16.5. The Morgan fingerprint density at radius 2 is 1.78 bits per heavy atom. The number of ether oxygens (including phenoxy) is 2. The van der Waals surface area contributed by atoms with E-state index in [4.69, 9.17) is 9.47 Å². The molecule has 0 spiro atoms. The molecule has 0 aromatic carbocycles. The van der Waals surface area contributed by atoms with Gasteiger partial charge in [0.2, 0.25) is 0 Å². The molecule has 0 aliphatic heterocycles. The number of methoxy groups -OCH3 is 1. The number of hydrogen-bond donors (Lipinski definition) is 1. The zero-order valence-corrected chi connectivity index (χ0v) is 12.6. The van der Waals surface area contributed by atoms with Gasteiger partial charge < -0.3 is 24.4 Å². The molecule has 5 nitrogen and oxygen atoms in total. The van der Waals surface area contributed by atoms with Crippen LogP contribution in [0.2, 0.25) is 0 Å². The van der Waals surface area contributed by atoms with E-state index < -0.39 is 6.10 Å². The molecule has 0 amide bonds. The lowest BCUT2D eigenvalue weighted by molar-refractivity contribution is -0.0381. The highest BCUT2D eigenvalue weighted by Gasteiger charge is 2.10. The third-order valence-electron chi connectivity index (χ3n) is 2.64. The van der Waals surface area contributed by atoms with E-state index in [1.54, 1.807) is 7.11 Å². The summed E-state index contributed by atoms with van der Waals surface area (Å²) in [6.45, 7) is 5.57. The van der Waals surface area contributed by atoms with Crippen LogP contribution in [0.1, 0.15) is 13.3 Å². The molecule has 0 rings (SSSR count). The average Bonchev–Trinajstić information content (AvgIpc) is 2.26. The number of hydrogen-bond acceptors (Lipinski definition) is 5. The van der Waals surface area contributed by atoms with E-state index in [1.165, 1.54) is 0 Å². The summed E-state index contributed by atoms with van der Waals surface area (Å²) in [5.74, 6) is 0. The van der Waals surface area contributed by atoms with Gasteiger partial charge in [-0.2, -0.15) is 0 Å². The van der Waals surface area contributed by atoms with E-state index in [9.17, 15) is 5.11 Å². The highest BCUT2D eigenvalue weighted by molar-refractivity contribution is 4.62. The Hall–Kier alpha value is -0.200. The number of aliphatic hydroxyl groups is 1. The van der Waals surface area contributed by atoms with Crippen LogP contribution < -0.4 is 0 Å². The zero-order valence-electron chi connectivity index (χ0n) is 12.6. The Morgan fingerprint density at radius 3 is 2.33 bits per heavy atom. The zero-order chi connectivity index (χ0) is 14.0. The van der Waals surface area contributed by atoms with Crippen LogP contribution in [-0.2, 0) is 9.47 Å². The molecular weight excluding hydrogens is 232 g/mol. The van der Waals surface area contributed by atoms with Crippen LogP contribution in [0.25, 0.3) is 0 Å². The molecule has 18 heavy (non-hydrogen) atoms. The molecular formula is C13H30N2O3. The van der Waals surface area contributed by atoms with Crippen molar-refractivity contribution in [3.63, 3.8) is 0 Å². The molecule has 110 valence electrons. The predicted octanol–water partition coefficient (Wildman–Crippen LogP) is 0.282. The Balaban J connectivity index is 3.57. The number of nitrogens with zero attached hydrogens (tertiary/aromatic N) is 2. The first-order valence-corrected chi connectivity index (χ1v) is 6.57. The first-order chi connectivity index (χ1) is 8.45. The quantitative estimate of drug-likeness (QED) is 0.579. The van der Waals surface area contributed by atoms with Gasteiger partial charge in [-0.15, -0.1) is 0 Å². The summed E-state index contributed by atoms with van der Waals surface area (Å²) in [7, 11) is 7.81. The summed E-state index contributed by atoms with van der Waals surface area (Å²) in [5, 5.41) is 9.83. The largest absolute Gasteiger partial charge is 0.389 e. The summed E-state index contributed by atoms with van der Waals surface area (Å²) < 4.78 is 10.4. The SMILES string of the molecule is COCC(C)OCC(O)CN(C)CCCN(C)C. The van der Waals surface area contributed by atoms with Gasteiger partial charge in [0.05, 0.1) is 25.4 Å². The third-order valence-corrected chi connectivity index (χ3v) is 2.64. The Bertz CT molecular complexity index is 191. The summed E-state index contributed by atoms with van der Waals surface area (Å²) in [4.78, 5) is 4.30. The average molecular weight is 262 g/mol. The first kappa shape index (κ1) is 17.8. The third kappa shape index (κ3) is 10.9. The molecule has 2 atom stereocenters. The van der Waals surface area contributed by atoms with E-state index in [1.807, 2.05) is 14.0 Å². The van der Waals surface area contributed by atoms with Crippen molar-refractivity contribution in [2.24, 2.45) is 0 Å². The molecule has 0 aliphatic rings. The van der Waals surface area contributed by atoms with Crippen LogP contribution in [0, 0.1) is 0 Å². The van der Waals surface area contributed by atoms with Crippen LogP contribution in [0.3, 0.4) is 0 Å². The van der Waals surface area contributed by atoms with E-state index in [-0.39, 0.29) is 6.10 Å². The van der Waals surface area contributed by atoms with E-state index in [2.05, 4.69) is 23.9 Å². The molecule has 0 aromatic heterocycles. The fraction of sp³-hybridized carbons (Fsp3) is 1.00. The molecule has 0 heterocycles. The van der Waals surface area contributed by atoms with Crippen LogP contribution in [0.4, 0.5) is 0 Å². The van der Waals surface area contributed by atoms with Crippen LogP contribution >= 0.6 is 0 Å². The molecule has 0 saturated heterocycles. The van der Waals surface area contributed by atoms with Crippen molar-refractivity contribution < 1.29 is 14.6 Å². The molecule has 0 saturated carbocycles. The van der Waals surface area contributed by atoms with Gasteiger partial charge in [0, 0.05) is 13.7 Å². The van der Waals surface area contributed by atoms with Crippen LogP contribution in [-0.4, -0.2) is 88.2 Å². The minimum Gasteiger partial charge on any atom is -0.389 e. The Kier molecular flexibility index (Phi) is 10.6. The lowest BCUT2D eigenvalue weighted by Gasteiger charge is -2.22. The van der Waals surface area contributed by atoms with E-state index in [0.29, 0.717) is 19.8 Å².